The van der Waals surface area contributed by atoms with Crippen LogP contribution in [0.1, 0.15) is 59.8 Å². The van der Waals surface area contributed by atoms with Gasteiger partial charge < -0.3 is 5.32 Å². The van der Waals surface area contributed by atoms with Crippen molar-refractivity contribution in [3.8, 4) is 0 Å². The highest BCUT2D eigenvalue weighted by Crippen LogP contribution is 2.24. The lowest BCUT2D eigenvalue weighted by Crippen LogP contribution is -2.42. The molecule has 1 unspecified atom stereocenters. The predicted octanol–water partition coefficient (Wildman–Crippen LogP) is 3.59. The van der Waals surface area contributed by atoms with E-state index in [0.29, 0.717) is 0 Å². The molecular weight excluding hydrogens is 170 g/mol. The highest BCUT2D eigenvalue weighted by atomic mass is 15.0. The molecule has 14 heavy (non-hydrogen) atoms. The Bertz CT molecular complexity index is 145. The molecular formula is C13H27N. The molecule has 1 atom stereocenters. The Morgan fingerprint density at radius 2 is 1.71 bits per heavy atom. The summed E-state index contributed by atoms with van der Waals surface area (Å²) in [5.74, 6) is 1.74. The van der Waals surface area contributed by atoms with E-state index < -0.39 is 0 Å². The maximum absolute atomic E-state index is 3.83. The van der Waals surface area contributed by atoms with E-state index in [0.717, 1.165) is 23.9 Å². The molecule has 1 heteroatoms. The van der Waals surface area contributed by atoms with Gasteiger partial charge in [-0.2, -0.15) is 0 Å². The molecule has 0 spiro atoms. The van der Waals surface area contributed by atoms with Crippen molar-refractivity contribution >= 4 is 0 Å². The van der Waals surface area contributed by atoms with Crippen molar-refractivity contribution in [2.45, 2.75) is 71.9 Å². The zero-order valence-electron chi connectivity index (χ0n) is 10.3. The first-order valence-corrected chi connectivity index (χ1v) is 6.39. The molecule has 0 aromatic carbocycles. The molecule has 0 amide bonds. The number of hydrogen-bond donors (Lipinski definition) is 1. The van der Waals surface area contributed by atoms with Gasteiger partial charge in [0, 0.05) is 12.1 Å². The highest BCUT2D eigenvalue weighted by Gasteiger charge is 2.21. The molecule has 1 nitrogen and oxygen atoms in total. The van der Waals surface area contributed by atoms with E-state index in [-0.39, 0.29) is 0 Å². The normalized spacial score (nSPS) is 30.6. The fourth-order valence-electron chi connectivity index (χ4n) is 2.51. The van der Waals surface area contributed by atoms with E-state index in [1.807, 2.05) is 0 Å². The molecule has 84 valence electrons. The molecule has 1 aliphatic carbocycles. The molecule has 1 saturated carbocycles. The molecule has 0 aromatic rings. The molecule has 0 radical (unpaired) electrons. The van der Waals surface area contributed by atoms with Crippen molar-refractivity contribution in [1.82, 2.24) is 5.32 Å². The van der Waals surface area contributed by atoms with Crippen LogP contribution in [0, 0.1) is 11.8 Å². The molecule has 0 aromatic heterocycles. The summed E-state index contributed by atoms with van der Waals surface area (Å²) in [6.45, 7) is 9.33. The van der Waals surface area contributed by atoms with Crippen LogP contribution >= 0.6 is 0 Å². The Kier molecular flexibility index (Phi) is 4.94. The minimum atomic E-state index is 0.730. The first-order valence-electron chi connectivity index (χ1n) is 6.39. The van der Waals surface area contributed by atoms with Crippen LogP contribution in [0.2, 0.25) is 0 Å². The fourth-order valence-corrected chi connectivity index (χ4v) is 2.51. The molecule has 1 fully saturated rings. The largest absolute Gasteiger partial charge is 0.311 e. The molecule has 1 rings (SSSR count). The summed E-state index contributed by atoms with van der Waals surface area (Å²) in [5.41, 5.74) is 0. The maximum atomic E-state index is 3.83. The van der Waals surface area contributed by atoms with Crippen molar-refractivity contribution in [3.05, 3.63) is 0 Å². The minimum absolute atomic E-state index is 0.730. The summed E-state index contributed by atoms with van der Waals surface area (Å²) in [6, 6.07) is 1.53. The third-order valence-corrected chi connectivity index (χ3v) is 3.71. The van der Waals surface area contributed by atoms with Gasteiger partial charge in [-0.05, 0) is 43.9 Å². The first kappa shape index (κ1) is 12.0. The SMILES string of the molecule is CCC(NC1CCC(C)CC1)C(C)C. The summed E-state index contributed by atoms with van der Waals surface area (Å²) >= 11 is 0. The Labute approximate surface area is 89.7 Å². The van der Waals surface area contributed by atoms with Gasteiger partial charge in [0.25, 0.3) is 0 Å². The summed E-state index contributed by atoms with van der Waals surface area (Å²) in [4.78, 5) is 0. The van der Waals surface area contributed by atoms with Crippen LogP contribution in [0.4, 0.5) is 0 Å². The van der Waals surface area contributed by atoms with Crippen LogP contribution in [0.3, 0.4) is 0 Å². The first-order chi connectivity index (χ1) is 6.63. The third-order valence-electron chi connectivity index (χ3n) is 3.71. The average Bonchev–Trinajstić information content (AvgIpc) is 2.16. The fraction of sp³-hybridized carbons (Fsp3) is 1.00. The van der Waals surface area contributed by atoms with E-state index in [4.69, 9.17) is 0 Å². The van der Waals surface area contributed by atoms with Crippen LogP contribution in [-0.4, -0.2) is 12.1 Å². The molecule has 0 aliphatic heterocycles. The van der Waals surface area contributed by atoms with Gasteiger partial charge in [0.05, 0.1) is 0 Å². The number of hydrogen-bond acceptors (Lipinski definition) is 1. The van der Waals surface area contributed by atoms with E-state index in [9.17, 15) is 0 Å². The van der Waals surface area contributed by atoms with Crippen molar-refractivity contribution in [3.63, 3.8) is 0 Å². The van der Waals surface area contributed by atoms with Crippen molar-refractivity contribution in [2.24, 2.45) is 11.8 Å². The molecule has 0 saturated heterocycles. The highest BCUT2D eigenvalue weighted by molar-refractivity contribution is 4.80. The van der Waals surface area contributed by atoms with E-state index >= 15 is 0 Å². The van der Waals surface area contributed by atoms with Crippen LogP contribution in [0.5, 0.6) is 0 Å². The standard InChI is InChI=1S/C13H27N/c1-5-13(10(2)3)14-12-8-6-11(4)7-9-12/h10-14H,5-9H2,1-4H3. The maximum Gasteiger partial charge on any atom is 0.00900 e. The Morgan fingerprint density at radius 1 is 1.14 bits per heavy atom. The zero-order valence-corrected chi connectivity index (χ0v) is 10.3. The monoisotopic (exact) mass is 197 g/mol. The molecule has 1 aliphatic rings. The second-order valence-corrected chi connectivity index (χ2v) is 5.38. The lowest BCUT2D eigenvalue weighted by Gasteiger charge is -2.32. The van der Waals surface area contributed by atoms with Crippen molar-refractivity contribution < 1.29 is 0 Å². The summed E-state index contributed by atoms with van der Waals surface area (Å²) in [5, 5.41) is 3.83. The van der Waals surface area contributed by atoms with Gasteiger partial charge in [-0.3, -0.25) is 0 Å². The van der Waals surface area contributed by atoms with Crippen LogP contribution in [0.15, 0.2) is 0 Å². The molecule has 0 heterocycles. The Morgan fingerprint density at radius 3 is 2.14 bits per heavy atom. The molecule has 0 bridgehead atoms. The van der Waals surface area contributed by atoms with E-state index in [1.54, 1.807) is 0 Å². The van der Waals surface area contributed by atoms with Gasteiger partial charge >= 0.3 is 0 Å². The van der Waals surface area contributed by atoms with Gasteiger partial charge in [-0.1, -0.05) is 27.7 Å². The van der Waals surface area contributed by atoms with Crippen LogP contribution in [0.25, 0.3) is 0 Å². The number of nitrogens with one attached hydrogen (secondary N) is 1. The minimum Gasteiger partial charge on any atom is -0.311 e. The van der Waals surface area contributed by atoms with Gasteiger partial charge in [0.15, 0.2) is 0 Å². The van der Waals surface area contributed by atoms with E-state index in [1.165, 1.54) is 32.1 Å². The third kappa shape index (κ3) is 3.61. The van der Waals surface area contributed by atoms with E-state index in [2.05, 4.69) is 33.0 Å². The molecule has 1 N–H and O–H groups in total. The van der Waals surface area contributed by atoms with Gasteiger partial charge in [0.2, 0.25) is 0 Å². The predicted molar refractivity (Wildman–Crippen MR) is 63.5 cm³/mol. The van der Waals surface area contributed by atoms with Crippen LogP contribution in [-0.2, 0) is 0 Å². The smallest absolute Gasteiger partial charge is 0.00900 e. The summed E-state index contributed by atoms with van der Waals surface area (Å²) in [7, 11) is 0. The summed E-state index contributed by atoms with van der Waals surface area (Å²) < 4.78 is 0. The second kappa shape index (κ2) is 5.75. The Hall–Kier alpha value is -0.0400. The quantitative estimate of drug-likeness (QED) is 0.726. The van der Waals surface area contributed by atoms with Crippen molar-refractivity contribution in [2.75, 3.05) is 0 Å². The topological polar surface area (TPSA) is 12.0 Å². The second-order valence-electron chi connectivity index (χ2n) is 5.38. The Balaban J connectivity index is 2.29. The van der Waals surface area contributed by atoms with Crippen LogP contribution < -0.4 is 5.32 Å². The van der Waals surface area contributed by atoms with Crippen molar-refractivity contribution in [1.29, 1.82) is 0 Å². The number of rotatable bonds is 4. The van der Waals surface area contributed by atoms with Gasteiger partial charge in [-0.25, -0.2) is 0 Å². The zero-order chi connectivity index (χ0) is 10.6. The van der Waals surface area contributed by atoms with Gasteiger partial charge in [0.1, 0.15) is 0 Å². The van der Waals surface area contributed by atoms with Gasteiger partial charge in [-0.15, -0.1) is 0 Å². The lowest BCUT2D eigenvalue weighted by atomic mass is 9.86. The lowest BCUT2D eigenvalue weighted by molar-refractivity contribution is 0.259. The average molecular weight is 197 g/mol. The summed E-state index contributed by atoms with van der Waals surface area (Å²) in [6.07, 6.45) is 6.90.